The van der Waals surface area contributed by atoms with Gasteiger partial charge in [-0.3, -0.25) is 0 Å². The molecule has 0 N–H and O–H groups in total. The lowest BCUT2D eigenvalue weighted by Crippen LogP contribution is -2.56. The van der Waals surface area contributed by atoms with E-state index < -0.39 is 127 Å². The van der Waals surface area contributed by atoms with Gasteiger partial charge in [0.05, 0.1) is 24.9 Å². The number of rotatable bonds is 22. The minimum absolute atomic E-state index is 0.0485. The molecule has 0 radical (unpaired) electrons. The maximum atomic E-state index is 15.0. The molecule has 52 heavy (non-hydrogen) atoms. The van der Waals surface area contributed by atoms with E-state index >= 15 is 4.39 Å². The predicted octanol–water partition coefficient (Wildman–Crippen LogP) is 9.25. The van der Waals surface area contributed by atoms with Crippen molar-refractivity contribution in [2.24, 2.45) is 0 Å². The van der Waals surface area contributed by atoms with E-state index in [1.54, 1.807) is 0 Å². The SMILES string of the molecule is C=CC(=O)OCC(COC(C)(C)CC(C)OCCCOC(F)(/C(F)=C(F)/C(F)=C(F)/C(F)=C(F)/C(F)=C(\F)CF)C(F)(F)C(F)(F)F)OC(=O)C=C. The third-order valence-electron chi connectivity index (χ3n) is 6.01. The summed E-state index contributed by atoms with van der Waals surface area (Å²) in [4.78, 5) is 22.9. The van der Waals surface area contributed by atoms with Gasteiger partial charge in [0.1, 0.15) is 13.3 Å². The van der Waals surface area contributed by atoms with Crippen LogP contribution in [0.2, 0.25) is 0 Å². The van der Waals surface area contributed by atoms with Crippen LogP contribution in [0.4, 0.5) is 65.9 Å². The summed E-state index contributed by atoms with van der Waals surface area (Å²) in [6, 6.07) is 0. The first-order valence-electron chi connectivity index (χ1n) is 14.2. The molecule has 298 valence electrons. The van der Waals surface area contributed by atoms with Gasteiger partial charge in [-0.2, -0.15) is 26.3 Å². The maximum Gasteiger partial charge on any atom is 0.460 e. The molecule has 0 aromatic carbocycles. The fourth-order valence-corrected chi connectivity index (χ4v) is 3.52. The molecule has 0 aliphatic heterocycles. The van der Waals surface area contributed by atoms with Crippen molar-refractivity contribution in [1.82, 2.24) is 0 Å². The van der Waals surface area contributed by atoms with Crippen molar-refractivity contribution in [3.05, 3.63) is 71.9 Å². The van der Waals surface area contributed by atoms with Gasteiger partial charge in [-0.1, -0.05) is 13.2 Å². The Bertz CT molecular complexity index is 1400. The molecule has 0 heterocycles. The quantitative estimate of drug-likeness (QED) is 0.0356. The standard InChI is InChI=1S/C30H31F15O7/c1-6-18(46)49-13-16(52-19(47)7-2)14-51-27(4,5)11-15(3)48-9-8-10-50-28(40,29(41,42)30(43,44)45)26(39)25(38)24(37)23(36)22(35)21(34)20(33)17(32)12-31/h6-7,15-16H,1-2,8-14H2,3-5H3/b20-17+,22-21+,24-23+,26-25+. The van der Waals surface area contributed by atoms with Crippen molar-refractivity contribution in [3.8, 4) is 0 Å². The Morgan fingerprint density at radius 3 is 1.69 bits per heavy atom. The van der Waals surface area contributed by atoms with Crippen molar-refractivity contribution >= 4 is 11.9 Å². The Morgan fingerprint density at radius 2 is 1.21 bits per heavy atom. The number of esters is 2. The summed E-state index contributed by atoms with van der Waals surface area (Å²) in [7, 11) is 0. The van der Waals surface area contributed by atoms with Crippen molar-refractivity contribution in [1.29, 1.82) is 0 Å². The van der Waals surface area contributed by atoms with Gasteiger partial charge in [-0.15, -0.1) is 0 Å². The predicted molar refractivity (Wildman–Crippen MR) is 150 cm³/mol. The van der Waals surface area contributed by atoms with Gasteiger partial charge in [0.25, 0.3) is 0 Å². The second kappa shape index (κ2) is 20.5. The van der Waals surface area contributed by atoms with Crippen molar-refractivity contribution < 1.29 is 99.1 Å². The minimum Gasteiger partial charge on any atom is -0.458 e. The van der Waals surface area contributed by atoms with Crippen LogP contribution >= 0.6 is 0 Å². The van der Waals surface area contributed by atoms with Gasteiger partial charge in [0.15, 0.2) is 29.4 Å². The molecule has 0 aromatic rings. The van der Waals surface area contributed by atoms with Crippen LogP contribution in [-0.4, -0.2) is 80.8 Å². The second-order valence-electron chi connectivity index (χ2n) is 10.7. The largest absolute Gasteiger partial charge is 0.460 e. The summed E-state index contributed by atoms with van der Waals surface area (Å²) in [6.45, 7) is 5.06. The number of halogens is 15. The van der Waals surface area contributed by atoms with Crippen LogP contribution in [0.1, 0.15) is 33.6 Å². The molecule has 3 unspecified atom stereocenters. The first-order valence-corrected chi connectivity index (χ1v) is 14.2. The highest BCUT2D eigenvalue weighted by Crippen LogP contribution is 2.51. The van der Waals surface area contributed by atoms with E-state index in [0.717, 1.165) is 12.2 Å². The zero-order valence-corrected chi connectivity index (χ0v) is 27.2. The van der Waals surface area contributed by atoms with Crippen LogP contribution in [0, 0.1) is 0 Å². The van der Waals surface area contributed by atoms with Crippen LogP contribution < -0.4 is 0 Å². The molecule has 0 spiro atoms. The Morgan fingerprint density at radius 1 is 0.712 bits per heavy atom. The number of carbonyl (C=O) groups excluding carboxylic acids is 2. The lowest BCUT2D eigenvalue weighted by molar-refractivity contribution is -0.375. The van der Waals surface area contributed by atoms with E-state index in [-0.39, 0.29) is 13.0 Å². The third-order valence-corrected chi connectivity index (χ3v) is 6.01. The highest BCUT2D eigenvalue weighted by atomic mass is 19.4. The summed E-state index contributed by atoms with van der Waals surface area (Å²) in [5.74, 6) is -43.9. The van der Waals surface area contributed by atoms with Crippen molar-refractivity contribution in [3.63, 3.8) is 0 Å². The molecular weight excluding hydrogens is 757 g/mol. The molecule has 0 amide bonds. The second-order valence-corrected chi connectivity index (χ2v) is 10.7. The van der Waals surface area contributed by atoms with Gasteiger partial charge in [-0.05, 0) is 27.2 Å². The molecule has 0 aliphatic rings. The first-order chi connectivity index (χ1) is 23.7. The topological polar surface area (TPSA) is 80.3 Å². The van der Waals surface area contributed by atoms with Gasteiger partial charge in [-0.25, -0.2) is 49.1 Å². The van der Waals surface area contributed by atoms with Gasteiger partial charge in [0.2, 0.25) is 23.3 Å². The molecule has 0 saturated carbocycles. The van der Waals surface area contributed by atoms with Crippen LogP contribution in [0.5, 0.6) is 0 Å². The van der Waals surface area contributed by atoms with Crippen LogP contribution in [0.25, 0.3) is 0 Å². The van der Waals surface area contributed by atoms with Crippen LogP contribution in [0.15, 0.2) is 71.9 Å². The molecule has 0 fully saturated rings. The van der Waals surface area contributed by atoms with E-state index in [2.05, 4.69) is 17.9 Å². The van der Waals surface area contributed by atoms with Crippen molar-refractivity contribution in [2.45, 2.75) is 69.4 Å². The van der Waals surface area contributed by atoms with Gasteiger partial charge < -0.3 is 23.7 Å². The fraction of sp³-hybridized carbons (Fsp3) is 0.533. The number of alkyl halides is 7. The summed E-state index contributed by atoms with van der Waals surface area (Å²) in [5, 5.41) is 0. The van der Waals surface area contributed by atoms with E-state index in [1.807, 2.05) is 0 Å². The fourth-order valence-electron chi connectivity index (χ4n) is 3.52. The lowest BCUT2D eigenvalue weighted by Gasteiger charge is -2.33. The number of carbonyl (C=O) groups is 2. The average Bonchev–Trinajstić information content (AvgIpc) is 3.08. The average molecular weight is 789 g/mol. The molecule has 22 heteroatoms. The maximum absolute atomic E-state index is 15.0. The van der Waals surface area contributed by atoms with E-state index in [0.29, 0.717) is 0 Å². The molecule has 0 aromatic heterocycles. The van der Waals surface area contributed by atoms with E-state index in [9.17, 15) is 71.1 Å². The number of allylic oxidation sites excluding steroid dienone is 7. The summed E-state index contributed by atoms with van der Waals surface area (Å²) in [5.41, 5.74) is -1.14. The molecular formula is C30H31F15O7. The molecule has 7 nitrogen and oxygen atoms in total. The molecule has 0 bridgehead atoms. The lowest BCUT2D eigenvalue weighted by atomic mass is 10.0. The van der Waals surface area contributed by atoms with Gasteiger partial charge in [0, 0.05) is 25.2 Å². The number of hydrogen-bond donors (Lipinski definition) is 0. The smallest absolute Gasteiger partial charge is 0.458 e. The normalized spacial score (nSPS) is 17.0. The summed E-state index contributed by atoms with van der Waals surface area (Å²) >= 11 is 0. The monoisotopic (exact) mass is 788 g/mol. The van der Waals surface area contributed by atoms with E-state index in [4.69, 9.17) is 18.9 Å². The number of ether oxygens (including phenoxy) is 5. The Kier molecular flexibility index (Phi) is 19.0. The highest BCUT2D eigenvalue weighted by molar-refractivity contribution is 5.82. The summed E-state index contributed by atoms with van der Waals surface area (Å²) in [6.07, 6.45) is -8.42. The third kappa shape index (κ3) is 13.6. The molecule has 0 rings (SSSR count). The minimum atomic E-state index is -7.12. The zero-order chi connectivity index (χ0) is 40.8. The molecule has 0 aliphatic carbocycles. The van der Waals surface area contributed by atoms with Crippen LogP contribution in [0.3, 0.4) is 0 Å². The van der Waals surface area contributed by atoms with E-state index in [1.165, 1.54) is 20.8 Å². The highest BCUT2D eigenvalue weighted by Gasteiger charge is 2.75. The zero-order valence-electron chi connectivity index (χ0n) is 27.2. The number of hydrogen-bond acceptors (Lipinski definition) is 7. The summed E-state index contributed by atoms with van der Waals surface area (Å²) < 4.78 is 228. The Hall–Kier alpha value is -3.79. The molecule has 3 atom stereocenters. The Balaban J connectivity index is 5.89. The van der Waals surface area contributed by atoms with Crippen LogP contribution in [-0.2, 0) is 33.3 Å². The van der Waals surface area contributed by atoms with Gasteiger partial charge >= 0.3 is 29.9 Å². The van der Waals surface area contributed by atoms with Crippen molar-refractivity contribution in [2.75, 3.05) is 33.1 Å². The first kappa shape index (κ1) is 48.2. The Labute approximate surface area is 286 Å². The molecule has 0 saturated heterocycles.